The van der Waals surface area contributed by atoms with Crippen molar-refractivity contribution in [1.82, 2.24) is 10.6 Å². The largest absolute Gasteiger partial charge is 0.496 e. The van der Waals surface area contributed by atoms with Crippen LogP contribution in [0.4, 0.5) is 4.39 Å². The molecule has 0 aliphatic heterocycles. The summed E-state index contributed by atoms with van der Waals surface area (Å²) in [5, 5.41) is 6.49. The summed E-state index contributed by atoms with van der Waals surface area (Å²) in [4.78, 5) is 4.50. The molecule has 0 radical (unpaired) electrons. The van der Waals surface area contributed by atoms with Crippen molar-refractivity contribution in [2.45, 2.75) is 19.9 Å². The molecule has 2 aromatic carbocycles. The lowest BCUT2D eigenvalue weighted by Crippen LogP contribution is -2.38. The van der Waals surface area contributed by atoms with Gasteiger partial charge < -0.3 is 15.4 Å². The second-order valence-corrected chi connectivity index (χ2v) is 5.31. The Balaban J connectivity index is 1.92. The number of guanidine groups is 1. The van der Waals surface area contributed by atoms with E-state index >= 15 is 0 Å². The Morgan fingerprint density at radius 3 is 2.71 bits per heavy atom. The molecule has 0 aromatic heterocycles. The fraction of sp³-hybridized carbons (Fsp3) is 0.316. The number of benzene rings is 2. The standard InChI is InChI=1S/C19H24FN3O/c1-3-21-19(23-14-15-7-6-9-17(20)13-15)22-12-11-16-8-4-5-10-18(16)24-2/h4-10,13H,3,11-12,14H2,1-2H3,(H2,21,22,23). The van der Waals surface area contributed by atoms with E-state index in [1.807, 2.05) is 31.2 Å². The molecule has 2 N–H and O–H groups in total. The summed E-state index contributed by atoms with van der Waals surface area (Å²) >= 11 is 0. The van der Waals surface area contributed by atoms with Crippen LogP contribution < -0.4 is 15.4 Å². The highest BCUT2D eigenvalue weighted by Crippen LogP contribution is 2.17. The third kappa shape index (κ3) is 5.57. The minimum absolute atomic E-state index is 0.239. The summed E-state index contributed by atoms with van der Waals surface area (Å²) in [6.07, 6.45) is 0.828. The molecule has 5 heteroatoms. The Labute approximate surface area is 142 Å². The van der Waals surface area contributed by atoms with Crippen molar-refractivity contribution >= 4 is 5.96 Å². The van der Waals surface area contributed by atoms with Crippen LogP contribution in [0.1, 0.15) is 18.1 Å². The summed E-state index contributed by atoms with van der Waals surface area (Å²) < 4.78 is 18.6. The molecule has 2 rings (SSSR count). The number of nitrogens with zero attached hydrogens (tertiary/aromatic N) is 1. The lowest BCUT2D eigenvalue weighted by Gasteiger charge is -2.12. The minimum Gasteiger partial charge on any atom is -0.496 e. The first kappa shape index (κ1) is 17.8. The number of hydrogen-bond donors (Lipinski definition) is 2. The van der Waals surface area contributed by atoms with Gasteiger partial charge in [-0.2, -0.15) is 0 Å². The van der Waals surface area contributed by atoms with Crippen LogP contribution in [0.25, 0.3) is 0 Å². The average molecular weight is 329 g/mol. The van der Waals surface area contributed by atoms with Gasteiger partial charge in [0.25, 0.3) is 0 Å². The van der Waals surface area contributed by atoms with Crippen LogP contribution in [0, 0.1) is 5.82 Å². The molecular weight excluding hydrogens is 305 g/mol. The normalized spacial score (nSPS) is 11.2. The molecule has 4 nitrogen and oxygen atoms in total. The van der Waals surface area contributed by atoms with E-state index in [4.69, 9.17) is 4.74 Å². The molecule has 0 saturated heterocycles. The van der Waals surface area contributed by atoms with Crippen LogP contribution in [0.5, 0.6) is 5.75 Å². The van der Waals surface area contributed by atoms with E-state index in [2.05, 4.69) is 21.7 Å². The van der Waals surface area contributed by atoms with Crippen LogP contribution >= 0.6 is 0 Å². The number of ether oxygens (including phenoxy) is 1. The highest BCUT2D eigenvalue weighted by atomic mass is 19.1. The lowest BCUT2D eigenvalue weighted by atomic mass is 10.1. The van der Waals surface area contributed by atoms with Gasteiger partial charge in [-0.1, -0.05) is 30.3 Å². The van der Waals surface area contributed by atoms with Gasteiger partial charge in [0.1, 0.15) is 11.6 Å². The first-order valence-electron chi connectivity index (χ1n) is 8.11. The molecule has 2 aromatic rings. The first-order chi connectivity index (χ1) is 11.7. The van der Waals surface area contributed by atoms with Crippen molar-refractivity contribution in [2.24, 2.45) is 4.99 Å². The van der Waals surface area contributed by atoms with E-state index in [0.717, 1.165) is 42.3 Å². The molecule has 0 spiro atoms. The van der Waals surface area contributed by atoms with E-state index in [-0.39, 0.29) is 5.82 Å². The van der Waals surface area contributed by atoms with Crippen molar-refractivity contribution in [1.29, 1.82) is 0 Å². The second kappa shape index (κ2) is 9.55. The zero-order valence-corrected chi connectivity index (χ0v) is 14.2. The van der Waals surface area contributed by atoms with E-state index in [1.165, 1.54) is 12.1 Å². The second-order valence-electron chi connectivity index (χ2n) is 5.31. The zero-order chi connectivity index (χ0) is 17.2. The van der Waals surface area contributed by atoms with Crippen LogP contribution in [0.3, 0.4) is 0 Å². The smallest absolute Gasteiger partial charge is 0.191 e. The summed E-state index contributed by atoms with van der Waals surface area (Å²) in [7, 11) is 1.68. The van der Waals surface area contributed by atoms with Crippen LogP contribution in [-0.4, -0.2) is 26.2 Å². The van der Waals surface area contributed by atoms with E-state index in [1.54, 1.807) is 13.2 Å². The summed E-state index contributed by atoms with van der Waals surface area (Å²) in [6.45, 7) is 3.94. The molecule has 0 heterocycles. The number of hydrogen-bond acceptors (Lipinski definition) is 2. The molecule has 0 unspecified atom stereocenters. The highest BCUT2D eigenvalue weighted by Gasteiger charge is 2.03. The summed E-state index contributed by atoms with van der Waals surface area (Å²) in [5.41, 5.74) is 1.99. The number of rotatable bonds is 7. The Hall–Kier alpha value is -2.56. The van der Waals surface area contributed by atoms with Gasteiger partial charge >= 0.3 is 0 Å². The third-order valence-electron chi connectivity index (χ3n) is 3.53. The quantitative estimate of drug-likeness (QED) is 0.606. The molecule has 0 amide bonds. The fourth-order valence-electron chi connectivity index (χ4n) is 2.37. The predicted molar refractivity (Wildman–Crippen MR) is 95.9 cm³/mol. The van der Waals surface area contributed by atoms with Crippen molar-refractivity contribution in [3.8, 4) is 5.75 Å². The maximum absolute atomic E-state index is 13.2. The third-order valence-corrected chi connectivity index (χ3v) is 3.53. The van der Waals surface area contributed by atoms with Crippen LogP contribution in [0.2, 0.25) is 0 Å². The van der Waals surface area contributed by atoms with Crippen LogP contribution in [0.15, 0.2) is 53.5 Å². The number of aliphatic imine (C=N–C) groups is 1. The molecule has 0 bridgehead atoms. The Kier molecular flexibility index (Phi) is 7.08. The fourth-order valence-corrected chi connectivity index (χ4v) is 2.37. The van der Waals surface area contributed by atoms with Gasteiger partial charge in [-0.25, -0.2) is 9.38 Å². The molecule has 0 atom stereocenters. The van der Waals surface area contributed by atoms with E-state index in [0.29, 0.717) is 6.54 Å². The number of para-hydroxylation sites is 1. The first-order valence-corrected chi connectivity index (χ1v) is 8.11. The molecular formula is C19H24FN3O. The molecule has 128 valence electrons. The average Bonchev–Trinajstić information content (AvgIpc) is 2.60. The van der Waals surface area contributed by atoms with Gasteiger partial charge in [-0.05, 0) is 42.7 Å². The summed E-state index contributed by atoms with van der Waals surface area (Å²) in [6, 6.07) is 14.5. The summed E-state index contributed by atoms with van der Waals surface area (Å²) in [5.74, 6) is 1.37. The molecule has 24 heavy (non-hydrogen) atoms. The zero-order valence-electron chi connectivity index (χ0n) is 14.2. The lowest BCUT2D eigenvalue weighted by molar-refractivity contribution is 0.409. The monoisotopic (exact) mass is 329 g/mol. The van der Waals surface area contributed by atoms with Crippen molar-refractivity contribution in [2.75, 3.05) is 20.2 Å². The van der Waals surface area contributed by atoms with E-state index < -0.39 is 0 Å². The predicted octanol–water partition coefficient (Wildman–Crippen LogP) is 3.13. The molecule has 0 aliphatic rings. The van der Waals surface area contributed by atoms with Gasteiger partial charge in [0.15, 0.2) is 5.96 Å². The van der Waals surface area contributed by atoms with E-state index in [9.17, 15) is 4.39 Å². The maximum atomic E-state index is 13.2. The SMILES string of the molecule is CCNC(=NCc1cccc(F)c1)NCCc1ccccc1OC. The molecule has 0 fully saturated rings. The van der Waals surface area contributed by atoms with Gasteiger partial charge in [0.2, 0.25) is 0 Å². The van der Waals surface area contributed by atoms with Gasteiger partial charge in [-0.15, -0.1) is 0 Å². The van der Waals surface area contributed by atoms with Gasteiger partial charge in [-0.3, -0.25) is 0 Å². The van der Waals surface area contributed by atoms with Crippen molar-refractivity contribution < 1.29 is 9.13 Å². The topological polar surface area (TPSA) is 45.7 Å². The highest BCUT2D eigenvalue weighted by molar-refractivity contribution is 5.79. The van der Waals surface area contributed by atoms with Crippen molar-refractivity contribution in [3.63, 3.8) is 0 Å². The van der Waals surface area contributed by atoms with Gasteiger partial charge in [0, 0.05) is 13.1 Å². The Morgan fingerprint density at radius 2 is 1.96 bits per heavy atom. The molecule has 0 saturated carbocycles. The van der Waals surface area contributed by atoms with Gasteiger partial charge in [0.05, 0.1) is 13.7 Å². The number of halogens is 1. The number of methoxy groups -OCH3 is 1. The molecule has 0 aliphatic carbocycles. The minimum atomic E-state index is -0.239. The Morgan fingerprint density at radius 1 is 1.12 bits per heavy atom. The number of nitrogens with one attached hydrogen (secondary N) is 2. The Bertz CT molecular complexity index is 673. The van der Waals surface area contributed by atoms with Crippen LogP contribution in [-0.2, 0) is 13.0 Å². The maximum Gasteiger partial charge on any atom is 0.191 e. The van der Waals surface area contributed by atoms with Crippen molar-refractivity contribution in [3.05, 3.63) is 65.5 Å².